The number of rotatable bonds is 4. The first-order valence-electron chi connectivity index (χ1n) is 8.25. The van der Waals surface area contributed by atoms with Crippen molar-refractivity contribution in [3.05, 3.63) is 46.7 Å². The summed E-state index contributed by atoms with van der Waals surface area (Å²) in [7, 11) is 0. The van der Waals surface area contributed by atoms with Crippen LogP contribution in [0.5, 0.6) is 0 Å². The zero-order valence-electron chi connectivity index (χ0n) is 14.1. The number of aliphatic carboxylic acids is 1. The third-order valence-electron chi connectivity index (χ3n) is 4.49. The lowest BCUT2D eigenvalue weighted by Gasteiger charge is -2.18. The van der Waals surface area contributed by atoms with Gasteiger partial charge in [-0.2, -0.15) is 5.10 Å². The van der Waals surface area contributed by atoms with Gasteiger partial charge in [0.2, 0.25) is 0 Å². The van der Waals surface area contributed by atoms with Crippen LogP contribution in [0.4, 0.5) is 0 Å². The van der Waals surface area contributed by atoms with Crippen molar-refractivity contribution in [2.24, 2.45) is 5.92 Å². The standard InChI is InChI=1S/C18H20ClN3O3/c1-11(2)16-13(17(23)21-8-7-12(10-21)18(24)25)9-20-22(16)15-6-4-3-5-14(15)19/h3-6,9,11-12H,7-8,10H2,1-2H3,(H,24,25). The molecular weight excluding hydrogens is 342 g/mol. The van der Waals surface area contributed by atoms with Gasteiger partial charge in [-0.1, -0.05) is 37.6 Å². The quantitative estimate of drug-likeness (QED) is 0.907. The van der Waals surface area contributed by atoms with Crippen molar-refractivity contribution in [3.8, 4) is 5.69 Å². The van der Waals surface area contributed by atoms with Gasteiger partial charge in [-0.15, -0.1) is 0 Å². The first-order valence-corrected chi connectivity index (χ1v) is 8.62. The second-order valence-corrected chi connectivity index (χ2v) is 6.94. The number of hydrogen-bond acceptors (Lipinski definition) is 3. The van der Waals surface area contributed by atoms with Gasteiger partial charge in [0.15, 0.2) is 0 Å². The second kappa shape index (κ2) is 6.88. The lowest BCUT2D eigenvalue weighted by Crippen LogP contribution is -2.30. The minimum absolute atomic E-state index is 0.0515. The molecular formula is C18H20ClN3O3. The number of halogens is 1. The largest absolute Gasteiger partial charge is 0.481 e. The summed E-state index contributed by atoms with van der Waals surface area (Å²) in [5, 5.41) is 14.1. The van der Waals surface area contributed by atoms with Crippen LogP contribution in [0.15, 0.2) is 30.5 Å². The number of para-hydroxylation sites is 1. The summed E-state index contributed by atoms with van der Waals surface area (Å²) >= 11 is 6.28. The van der Waals surface area contributed by atoms with E-state index in [0.717, 1.165) is 11.4 Å². The van der Waals surface area contributed by atoms with Crippen LogP contribution in [-0.4, -0.2) is 44.8 Å². The smallest absolute Gasteiger partial charge is 0.308 e. The molecule has 25 heavy (non-hydrogen) atoms. The molecule has 0 bridgehead atoms. The molecule has 1 aromatic carbocycles. The highest BCUT2D eigenvalue weighted by atomic mass is 35.5. The molecule has 6 nitrogen and oxygen atoms in total. The van der Waals surface area contributed by atoms with Crippen molar-refractivity contribution in [1.82, 2.24) is 14.7 Å². The predicted octanol–water partition coefficient (Wildman–Crippen LogP) is 3.20. The van der Waals surface area contributed by atoms with Crippen molar-refractivity contribution in [2.75, 3.05) is 13.1 Å². The first-order chi connectivity index (χ1) is 11.9. The van der Waals surface area contributed by atoms with E-state index in [1.54, 1.807) is 21.8 Å². The van der Waals surface area contributed by atoms with Gasteiger partial charge in [0, 0.05) is 13.1 Å². The second-order valence-electron chi connectivity index (χ2n) is 6.54. The zero-order valence-corrected chi connectivity index (χ0v) is 14.9. The normalized spacial score (nSPS) is 17.3. The van der Waals surface area contributed by atoms with E-state index in [2.05, 4.69) is 5.10 Å². The Hall–Kier alpha value is -2.34. The number of carboxylic acid groups (broad SMARTS) is 1. The average Bonchev–Trinajstić information content (AvgIpc) is 3.22. The number of carbonyl (C=O) groups is 2. The fraction of sp³-hybridized carbons (Fsp3) is 0.389. The van der Waals surface area contributed by atoms with Crippen LogP contribution >= 0.6 is 11.6 Å². The van der Waals surface area contributed by atoms with E-state index in [-0.39, 0.29) is 18.4 Å². The van der Waals surface area contributed by atoms with E-state index in [0.29, 0.717) is 23.6 Å². The van der Waals surface area contributed by atoms with Crippen LogP contribution in [0.2, 0.25) is 5.02 Å². The molecule has 1 N–H and O–H groups in total. The molecule has 0 aliphatic carbocycles. The minimum Gasteiger partial charge on any atom is -0.481 e. The van der Waals surface area contributed by atoms with E-state index >= 15 is 0 Å². The number of carboxylic acids is 1. The summed E-state index contributed by atoms with van der Waals surface area (Å²) in [5.41, 5.74) is 1.99. The first kappa shape index (κ1) is 17.5. The summed E-state index contributed by atoms with van der Waals surface area (Å²) in [4.78, 5) is 25.7. The Morgan fingerprint density at radius 3 is 2.64 bits per heavy atom. The Morgan fingerprint density at radius 2 is 2.04 bits per heavy atom. The van der Waals surface area contributed by atoms with Gasteiger partial charge in [0.05, 0.1) is 34.1 Å². The molecule has 1 unspecified atom stereocenters. The molecule has 3 rings (SSSR count). The number of amides is 1. The average molecular weight is 362 g/mol. The van der Waals surface area contributed by atoms with E-state index in [4.69, 9.17) is 16.7 Å². The van der Waals surface area contributed by atoms with Crippen molar-refractivity contribution in [2.45, 2.75) is 26.2 Å². The summed E-state index contributed by atoms with van der Waals surface area (Å²) in [6, 6.07) is 7.34. The van der Waals surface area contributed by atoms with Gasteiger partial charge in [-0.3, -0.25) is 9.59 Å². The predicted molar refractivity (Wildman–Crippen MR) is 94.3 cm³/mol. The van der Waals surface area contributed by atoms with Gasteiger partial charge < -0.3 is 10.0 Å². The molecule has 2 heterocycles. The van der Waals surface area contributed by atoms with Gasteiger partial charge in [-0.05, 0) is 24.5 Å². The summed E-state index contributed by atoms with van der Waals surface area (Å²) in [6.07, 6.45) is 2.03. The number of carbonyl (C=O) groups excluding carboxylic acids is 1. The number of hydrogen-bond donors (Lipinski definition) is 1. The van der Waals surface area contributed by atoms with Gasteiger partial charge in [0.1, 0.15) is 0 Å². The zero-order chi connectivity index (χ0) is 18.1. The molecule has 1 fully saturated rings. The van der Waals surface area contributed by atoms with Crippen molar-refractivity contribution in [3.63, 3.8) is 0 Å². The summed E-state index contributed by atoms with van der Waals surface area (Å²) in [5.74, 6) is -1.47. The lowest BCUT2D eigenvalue weighted by molar-refractivity contribution is -0.141. The molecule has 0 saturated carbocycles. The van der Waals surface area contributed by atoms with E-state index in [9.17, 15) is 9.59 Å². The molecule has 132 valence electrons. The third kappa shape index (κ3) is 3.26. The molecule has 0 spiro atoms. The Kier molecular flexibility index (Phi) is 4.81. The molecule has 2 aromatic rings. The van der Waals surface area contributed by atoms with Gasteiger partial charge >= 0.3 is 5.97 Å². The van der Waals surface area contributed by atoms with Crippen molar-refractivity contribution in [1.29, 1.82) is 0 Å². The van der Waals surface area contributed by atoms with Crippen LogP contribution in [0.1, 0.15) is 42.2 Å². The Morgan fingerprint density at radius 1 is 1.32 bits per heavy atom. The van der Waals surface area contributed by atoms with Gasteiger partial charge in [-0.25, -0.2) is 4.68 Å². The maximum Gasteiger partial charge on any atom is 0.308 e. The highest BCUT2D eigenvalue weighted by Gasteiger charge is 2.33. The highest BCUT2D eigenvalue weighted by molar-refractivity contribution is 6.32. The van der Waals surface area contributed by atoms with Crippen LogP contribution in [0.3, 0.4) is 0 Å². The number of nitrogens with zero attached hydrogens (tertiary/aromatic N) is 3. The molecule has 1 atom stereocenters. The van der Waals surface area contributed by atoms with Gasteiger partial charge in [0.25, 0.3) is 5.91 Å². The summed E-state index contributed by atoms with van der Waals surface area (Å²) < 4.78 is 1.70. The maximum atomic E-state index is 12.9. The molecule has 0 radical (unpaired) electrons. The highest BCUT2D eigenvalue weighted by Crippen LogP contribution is 2.29. The van der Waals surface area contributed by atoms with Crippen molar-refractivity contribution < 1.29 is 14.7 Å². The van der Waals surface area contributed by atoms with Crippen LogP contribution in [0, 0.1) is 5.92 Å². The topological polar surface area (TPSA) is 75.4 Å². The number of likely N-dealkylation sites (tertiary alicyclic amines) is 1. The molecule has 1 aromatic heterocycles. The third-order valence-corrected chi connectivity index (χ3v) is 4.81. The number of benzene rings is 1. The fourth-order valence-electron chi connectivity index (χ4n) is 3.21. The fourth-order valence-corrected chi connectivity index (χ4v) is 3.43. The Balaban J connectivity index is 1.97. The number of aromatic nitrogens is 2. The monoisotopic (exact) mass is 361 g/mol. The Bertz CT molecular complexity index is 816. The molecule has 7 heteroatoms. The van der Waals surface area contributed by atoms with Crippen LogP contribution < -0.4 is 0 Å². The SMILES string of the molecule is CC(C)c1c(C(=O)N2CCC(C(=O)O)C2)cnn1-c1ccccc1Cl. The van der Waals surface area contributed by atoms with E-state index in [1.807, 2.05) is 32.0 Å². The van der Waals surface area contributed by atoms with E-state index < -0.39 is 11.9 Å². The Labute approximate surface area is 151 Å². The van der Waals surface area contributed by atoms with Crippen molar-refractivity contribution >= 4 is 23.5 Å². The van der Waals surface area contributed by atoms with Crippen LogP contribution in [-0.2, 0) is 4.79 Å². The summed E-state index contributed by atoms with van der Waals surface area (Å²) in [6.45, 7) is 4.67. The molecule has 1 amide bonds. The molecule has 1 aliphatic heterocycles. The minimum atomic E-state index is -0.855. The van der Waals surface area contributed by atoms with E-state index in [1.165, 1.54) is 0 Å². The van der Waals surface area contributed by atoms with Crippen LogP contribution in [0.25, 0.3) is 5.69 Å². The molecule has 1 saturated heterocycles. The maximum absolute atomic E-state index is 12.9. The molecule has 1 aliphatic rings. The lowest BCUT2D eigenvalue weighted by atomic mass is 10.0.